The number of benzene rings is 2. The number of carbonyl (C=O) groups excluding carboxylic acids is 2. The largest absolute Gasteiger partial charge is 0.493 e. The maximum atomic E-state index is 12.9. The van der Waals surface area contributed by atoms with Gasteiger partial charge < -0.3 is 35.1 Å². The Morgan fingerprint density at radius 1 is 0.896 bits per heavy atom. The highest BCUT2D eigenvalue weighted by Crippen LogP contribution is 2.31. The third kappa shape index (κ3) is 21.0. The van der Waals surface area contributed by atoms with Gasteiger partial charge in [0.1, 0.15) is 0 Å². The molecule has 0 aliphatic heterocycles. The molecule has 9 nitrogen and oxygen atoms in total. The number of aliphatic hydroxyl groups is 1. The Labute approximate surface area is 291 Å². The number of ether oxygens (including phenoxy) is 4. The van der Waals surface area contributed by atoms with Crippen molar-refractivity contribution in [2.45, 2.75) is 105 Å². The Kier molecular flexibility index (Phi) is 24.1. The molecule has 0 fully saturated rings. The fourth-order valence-corrected chi connectivity index (χ4v) is 4.94. The molecule has 0 radical (unpaired) electrons. The number of amides is 2. The van der Waals surface area contributed by atoms with Crippen LogP contribution in [0.2, 0.25) is 0 Å². The molecule has 3 atom stereocenters. The highest BCUT2D eigenvalue weighted by atomic mass is 16.5. The summed E-state index contributed by atoms with van der Waals surface area (Å²) in [4.78, 5) is 21.5. The fraction of sp³-hybridized carbons (Fsp3) is 0.641. The van der Waals surface area contributed by atoms with Gasteiger partial charge in [-0.15, -0.1) is 0 Å². The summed E-state index contributed by atoms with van der Waals surface area (Å²) in [6, 6.07) is 16.1. The van der Waals surface area contributed by atoms with Crippen molar-refractivity contribution in [1.29, 1.82) is 0 Å². The summed E-state index contributed by atoms with van der Waals surface area (Å²) in [5.74, 6) is 2.51. The van der Waals surface area contributed by atoms with Crippen LogP contribution < -0.4 is 20.5 Å². The SMILES string of the molecule is COC(C)(C)C.COCCCOc1cc(CC(CCC[C@@H](O)CC(C(=O)NCc2ccccc2)C(C)C)C(C)C)ccc1OC.NC=O. The summed E-state index contributed by atoms with van der Waals surface area (Å²) in [6.45, 7) is 16.5. The number of primary amides is 1. The Balaban J connectivity index is 0.00000217. The Morgan fingerprint density at radius 2 is 1.52 bits per heavy atom. The summed E-state index contributed by atoms with van der Waals surface area (Å²) in [5, 5.41) is 13.9. The lowest BCUT2D eigenvalue weighted by atomic mass is 9.83. The second-order valence-corrected chi connectivity index (χ2v) is 13.7. The van der Waals surface area contributed by atoms with E-state index in [0.29, 0.717) is 44.4 Å². The molecule has 0 bridgehead atoms. The summed E-state index contributed by atoms with van der Waals surface area (Å²) >= 11 is 0. The van der Waals surface area contributed by atoms with E-state index in [4.69, 9.17) is 23.7 Å². The smallest absolute Gasteiger partial charge is 0.223 e. The molecule has 0 saturated heterocycles. The average molecular weight is 675 g/mol. The molecule has 2 aromatic carbocycles. The third-order valence-electron chi connectivity index (χ3n) is 8.12. The van der Waals surface area contributed by atoms with Gasteiger partial charge in [-0.05, 0) is 87.5 Å². The van der Waals surface area contributed by atoms with Crippen molar-refractivity contribution >= 4 is 12.3 Å². The van der Waals surface area contributed by atoms with E-state index in [0.717, 1.165) is 42.7 Å². The van der Waals surface area contributed by atoms with Crippen molar-refractivity contribution in [3.8, 4) is 11.5 Å². The second kappa shape index (κ2) is 25.8. The third-order valence-corrected chi connectivity index (χ3v) is 8.12. The fourth-order valence-electron chi connectivity index (χ4n) is 4.94. The van der Waals surface area contributed by atoms with E-state index >= 15 is 0 Å². The molecular formula is C39H66N2O7. The van der Waals surface area contributed by atoms with Crippen molar-refractivity contribution in [2.75, 3.05) is 34.5 Å². The van der Waals surface area contributed by atoms with Gasteiger partial charge >= 0.3 is 0 Å². The van der Waals surface area contributed by atoms with Gasteiger partial charge in [-0.3, -0.25) is 9.59 Å². The van der Waals surface area contributed by atoms with Crippen molar-refractivity contribution < 1.29 is 33.6 Å². The van der Waals surface area contributed by atoms with Crippen LogP contribution in [0.15, 0.2) is 48.5 Å². The number of methoxy groups -OCH3 is 3. The maximum Gasteiger partial charge on any atom is 0.223 e. The first-order valence-corrected chi connectivity index (χ1v) is 17.2. The number of nitrogens with one attached hydrogen (secondary N) is 1. The van der Waals surface area contributed by atoms with Gasteiger partial charge in [0.05, 0.1) is 25.4 Å². The molecule has 2 aromatic rings. The highest BCUT2D eigenvalue weighted by Gasteiger charge is 2.25. The zero-order chi connectivity index (χ0) is 36.5. The van der Waals surface area contributed by atoms with Crippen LogP contribution in [0, 0.1) is 23.7 Å². The van der Waals surface area contributed by atoms with Crippen LogP contribution in [-0.4, -0.2) is 63.7 Å². The van der Waals surface area contributed by atoms with E-state index in [1.54, 1.807) is 21.3 Å². The van der Waals surface area contributed by atoms with Crippen LogP contribution in [0.4, 0.5) is 0 Å². The van der Waals surface area contributed by atoms with E-state index in [-0.39, 0.29) is 29.8 Å². The summed E-state index contributed by atoms with van der Waals surface area (Å²) in [5.41, 5.74) is 6.52. The quantitative estimate of drug-likeness (QED) is 0.108. The predicted molar refractivity (Wildman–Crippen MR) is 195 cm³/mol. The van der Waals surface area contributed by atoms with Crippen molar-refractivity contribution in [2.24, 2.45) is 29.4 Å². The predicted octanol–water partition coefficient (Wildman–Crippen LogP) is 6.97. The van der Waals surface area contributed by atoms with Crippen LogP contribution >= 0.6 is 0 Å². The van der Waals surface area contributed by atoms with Crippen LogP contribution in [0.3, 0.4) is 0 Å². The topological polar surface area (TPSA) is 129 Å². The zero-order valence-corrected chi connectivity index (χ0v) is 31.4. The summed E-state index contributed by atoms with van der Waals surface area (Å²) < 4.78 is 21.5. The second-order valence-electron chi connectivity index (χ2n) is 13.7. The molecule has 48 heavy (non-hydrogen) atoms. The van der Waals surface area contributed by atoms with Crippen LogP contribution in [0.5, 0.6) is 11.5 Å². The van der Waals surface area contributed by atoms with Crippen molar-refractivity contribution in [3.63, 3.8) is 0 Å². The van der Waals surface area contributed by atoms with E-state index in [1.165, 1.54) is 5.56 Å². The summed E-state index contributed by atoms with van der Waals surface area (Å²) in [6.07, 6.45) is 4.69. The first kappa shape index (κ1) is 44.9. The molecule has 4 N–H and O–H groups in total. The van der Waals surface area contributed by atoms with Crippen molar-refractivity contribution in [1.82, 2.24) is 5.32 Å². The molecule has 2 rings (SSSR count). The zero-order valence-electron chi connectivity index (χ0n) is 31.4. The number of hydrogen-bond acceptors (Lipinski definition) is 7. The maximum absolute atomic E-state index is 12.9. The molecule has 0 spiro atoms. The Hall–Kier alpha value is -3.14. The Bertz CT molecular complexity index is 1100. The summed E-state index contributed by atoms with van der Waals surface area (Å²) in [7, 11) is 5.06. The van der Waals surface area contributed by atoms with E-state index in [1.807, 2.05) is 57.2 Å². The van der Waals surface area contributed by atoms with Gasteiger partial charge in [-0.1, -0.05) is 70.5 Å². The minimum Gasteiger partial charge on any atom is -0.493 e. The average Bonchev–Trinajstić information content (AvgIpc) is 3.04. The number of rotatable bonds is 19. The molecule has 9 heteroatoms. The molecule has 0 aromatic heterocycles. The van der Waals surface area contributed by atoms with Crippen LogP contribution in [0.25, 0.3) is 0 Å². The van der Waals surface area contributed by atoms with Gasteiger partial charge in [0.15, 0.2) is 11.5 Å². The van der Waals surface area contributed by atoms with Gasteiger partial charge in [-0.25, -0.2) is 0 Å². The molecular weight excluding hydrogens is 608 g/mol. The molecule has 0 aliphatic rings. The standard InChI is InChI=1S/C33H51NO5.C5H12O.CH3NO/c1-24(2)28(20-27-16-17-31(38-6)32(21-27)39-19-11-18-37-5)14-10-15-29(35)22-30(25(3)4)33(36)34-23-26-12-8-7-9-13-26;1-5(2,3)6-4;2-1-3/h7-9,12-13,16-17,21,24-25,28-30,35H,10-11,14-15,18-20,22-23H2,1-6H3,(H,34,36);1-4H3;1H,(H2,2,3)/t28?,29-,30?;;/m1../s1. The minimum atomic E-state index is -0.485. The lowest BCUT2D eigenvalue weighted by Gasteiger charge is -2.25. The Morgan fingerprint density at radius 3 is 2.04 bits per heavy atom. The molecule has 0 heterocycles. The molecule has 0 aliphatic carbocycles. The highest BCUT2D eigenvalue weighted by molar-refractivity contribution is 5.78. The first-order valence-electron chi connectivity index (χ1n) is 17.2. The molecule has 2 amide bonds. The number of carbonyl (C=O) groups is 2. The number of aliphatic hydroxyl groups excluding tert-OH is 1. The minimum absolute atomic E-state index is 0.0210. The van der Waals surface area contributed by atoms with Gasteiger partial charge in [0.25, 0.3) is 0 Å². The first-order chi connectivity index (χ1) is 22.7. The molecule has 0 saturated carbocycles. The van der Waals surface area contributed by atoms with E-state index in [9.17, 15) is 9.90 Å². The van der Waals surface area contributed by atoms with E-state index in [2.05, 4.69) is 50.9 Å². The van der Waals surface area contributed by atoms with Gasteiger partial charge in [0, 0.05) is 39.7 Å². The van der Waals surface area contributed by atoms with Crippen LogP contribution in [0.1, 0.15) is 91.7 Å². The lowest BCUT2D eigenvalue weighted by molar-refractivity contribution is -0.127. The van der Waals surface area contributed by atoms with Crippen LogP contribution in [-0.2, 0) is 32.0 Å². The van der Waals surface area contributed by atoms with E-state index < -0.39 is 6.10 Å². The number of nitrogens with two attached hydrogens (primary N) is 1. The molecule has 274 valence electrons. The monoisotopic (exact) mass is 674 g/mol. The lowest BCUT2D eigenvalue weighted by Crippen LogP contribution is -2.35. The molecule has 2 unspecified atom stereocenters. The van der Waals surface area contributed by atoms with Crippen molar-refractivity contribution in [3.05, 3.63) is 59.7 Å². The van der Waals surface area contributed by atoms with Gasteiger partial charge in [0.2, 0.25) is 12.3 Å². The van der Waals surface area contributed by atoms with Gasteiger partial charge in [-0.2, -0.15) is 0 Å². The number of hydrogen-bond donors (Lipinski definition) is 3. The normalized spacial score (nSPS) is 12.9.